The van der Waals surface area contributed by atoms with E-state index in [1.54, 1.807) is 6.33 Å². The molecule has 2 aromatic rings. The number of anilines is 1. The third-order valence-corrected chi connectivity index (χ3v) is 4.17. The van der Waals surface area contributed by atoms with Gasteiger partial charge >= 0.3 is 0 Å². The van der Waals surface area contributed by atoms with E-state index in [4.69, 9.17) is 9.47 Å². The van der Waals surface area contributed by atoms with Crippen LogP contribution in [0.25, 0.3) is 11.3 Å². The van der Waals surface area contributed by atoms with Gasteiger partial charge in [0.15, 0.2) is 11.5 Å². The summed E-state index contributed by atoms with van der Waals surface area (Å²) in [5, 5.41) is 0. The van der Waals surface area contributed by atoms with Crippen LogP contribution in [0.15, 0.2) is 30.6 Å². The van der Waals surface area contributed by atoms with Gasteiger partial charge in [-0.15, -0.1) is 0 Å². The third kappa shape index (κ3) is 2.58. The molecular weight excluding hydrogens is 278 g/mol. The van der Waals surface area contributed by atoms with E-state index in [2.05, 4.69) is 20.9 Å². The highest BCUT2D eigenvalue weighted by molar-refractivity contribution is 5.66. The summed E-state index contributed by atoms with van der Waals surface area (Å²) in [6.45, 7) is 3.37. The quantitative estimate of drug-likeness (QED) is 0.853. The number of rotatable bonds is 2. The van der Waals surface area contributed by atoms with Gasteiger partial charge in [0.25, 0.3) is 0 Å². The lowest BCUT2D eigenvalue weighted by Crippen LogP contribution is -2.30. The summed E-state index contributed by atoms with van der Waals surface area (Å²) in [5.74, 6) is 2.61. The topological polar surface area (TPSA) is 47.5 Å². The predicted octanol–water partition coefficient (Wildman–Crippen LogP) is 2.91. The number of aromatic nitrogens is 2. The molecule has 0 aliphatic carbocycles. The Morgan fingerprint density at radius 3 is 2.55 bits per heavy atom. The number of ether oxygens (including phenoxy) is 2. The maximum absolute atomic E-state index is 5.65. The van der Waals surface area contributed by atoms with Crippen molar-refractivity contribution < 1.29 is 9.47 Å². The minimum absolute atomic E-state index is 0.596. The van der Waals surface area contributed by atoms with Gasteiger partial charge in [-0.25, -0.2) is 9.97 Å². The Bertz CT molecular complexity index is 669. The normalized spacial score (nSPS) is 17.4. The standard InChI is InChI=1S/C17H19N3O2/c1-2-6-20(7-3-1)17-11-14(18-12-19-17)13-4-5-15-16(10-13)22-9-8-21-15/h4-5,10-12H,1-3,6-9H2. The second-order valence-corrected chi connectivity index (χ2v) is 5.67. The predicted molar refractivity (Wildman–Crippen MR) is 84.5 cm³/mol. The van der Waals surface area contributed by atoms with E-state index < -0.39 is 0 Å². The summed E-state index contributed by atoms with van der Waals surface area (Å²) in [6.07, 6.45) is 5.44. The number of fused-ring (bicyclic) bond motifs is 1. The number of benzene rings is 1. The molecule has 0 spiro atoms. The first-order valence-corrected chi connectivity index (χ1v) is 7.87. The van der Waals surface area contributed by atoms with Crippen LogP contribution in [-0.2, 0) is 0 Å². The Balaban J connectivity index is 1.64. The molecule has 4 rings (SSSR count). The van der Waals surface area contributed by atoms with Gasteiger partial charge in [-0.1, -0.05) is 0 Å². The van der Waals surface area contributed by atoms with Gasteiger partial charge in [-0.05, 0) is 37.5 Å². The van der Waals surface area contributed by atoms with Crippen LogP contribution in [0.2, 0.25) is 0 Å². The van der Waals surface area contributed by atoms with Crippen molar-refractivity contribution in [2.24, 2.45) is 0 Å². The molecule has 5 nitrogen and oxygen atoms in total. The maximum Gasteiger partial charge on any atom is 0.162 e. The molecule has 1 aromatic carbocycles. The largest absolute Gasteiger partial charge is 0.486 e. The van der Waals surface area contributed by atoms with Crippen LogP contribution in [0.5, 0.6) is 11.5 Å². The lowest BCUT2D eigenvalue weighted by Gasteiger charge is -2.27. The molecule has 0 unspecified atom stereocenters. The lowest BCUT2D eigenvalue weighted by molar-refractivity contribution is 0.171. The molecule has 0 bridgehead atoms. The fourth-order valence-electron chi connectivity index (χ4n) is 3.00. The molecule has 22 heavy (non-hydrogen) atoms. The average molecular weight is 297 g/mol. The molecule has 3 heterocycles. The first kappa shape index (κ1) is 13.4. The highest BCUT2D eigenvalue weighted by Crippen LogP contribution is 2.34. The highest BCUT2D eigenvalue weighted by Gasteiger charge is 2.15. The Morgan fingerprint density at radius 1 is 0.864 bits per heavy atom. The molecule has 0 amide bonds. The van der Waals surface area contributed by atoms with Crippen LogP contribution < -0.4 is 14.4 Å². The highest BCUT2D eigenvalue weighted by atomic mass is 16.6. The zero-order valence-corrected chi connectivity index (χ0v) is 12.5. The van der Waals surface area contributed by atoms with Crippen LogP contribution in [0.3, 0.4) is 0 Å². The monoisotopic (exact) mass is 297 g/mol. The molecule has 114 valence electrons. The summed E-state index contributed by atoms with van der Waals surface area (Å²) in [5.41, 5.74) is 1.96. The molecular formula is C17H19N3O2. The van der Waals surface area contributed by atoms with E-state index in [0.717, 1.165) is 41.7 Å². The van der Waals surface area contributed by atoms with Crippen molar-refractivity contribution in [3.05, 3.63) is 30.6 Å². The first-order chi connectivity index (χ1) is 10.9. The first-order valence-electron chi connectivity index (χ1n) is 7.87. The smallest absolute Gasteiger partial charge is 0.162 e. The van der Waals surface area contributed by atoms with Crippen molar-refractivity contribution in [2.45, 2.75) is 19.3 Å². The Labute approximate surface area is 129 Å². The molecule has 2 aliphatic rings. The van der Waals surface area contributed by atoms with E-state index in [9.17, 15) is 0 Å². The Kier molecular flexibility index (Phi) is 3.54. The minimum Gasteiger partial charge on any atom is -0.486 e. The molecule has 5 heteroatoms. The molecule has 2 aliphatic heterocycles. The second kappa shape index (κ2) is 5.83. The van der Waals surface area contributed by atoms with Crippen LogP contribution >= 0.6 is 0 Å². The van der Waals surface area contributed by atoms with Crippen molar-refractivity contribution >= 4 is 5.82 Å². The summed E-state index contributed by atoms with van der Waals surface area (Å²) >= 11 is 0. The van der Waals surface area contributed by atoms with Crippen molar-refractivity contribution in [1.82, 2.24) is 9.97 Å². The van der Waals surface area contributed by atoms with Crippen LogP contribution in [-0.4, -0.2) is 36.3 Å². The lowest BCUT2D eigenvalue weighted by atomic mass is 10.1. The van der Waals surface area contributed by atoms with E-state index in [-0.39, 0.29) is 0 Å². The molecule has 1 saturated heterocycles. The SMILES string of the molecule is c1nc(-c2ccc3c(c2)OCCO3)cc(N2CCCCC2)n1. The fraction of sp³-hybridized carbons (Fsp3) is 0.412. The summed E-state index contributed by atoms with van der Waals surface area (Å²) in [7, 11) is 0. The molecule has 1 fully saturated rings. The van der Waals surface area contributed by atoms with Crippen molar-refractivity contribution in [3.8, 4) is 22.8 Å². The molecule has 0 atom stereocenters. The van der Waals surface area contributed by atoms with E-state index in [1.807, 2.05) is 18.2 Å². The van der Waals surface area contributed by atoms with E-state index >= 15 is 0 Å². The third-order valence-electron chi connectivity index (χ3n) is 4.17. The van der Waals surface area contributed by atoms with Crippen LogP contribution in [0, 0.1) is 0 Å². The summed E-state index contributed by atoms with van der Waals surface area (Å²) in [4.78, 5) is 11.2. The minimum atomic E-state index is 0.596. The van der Waals surface area contributed by atoms with Crippen molar-refractivity contribution in [2.75, 3.05) is 31.2 Å². The average Bonchev–Trinajstić information content (AvgIpc) is 2.62. The van der Waals surface area contributed by atoms with Gasteiger partial charge < -0.3 is 14.4 Å². The zero-order chi connectivity index (χ0) is 14.8. The van der Waals surface area contributed by atoms with E-state index in [0.29, 0.717) is 13.2 Å². The van der Waals surface area contributed by atoms with E-state index in [1.165, 1.54) is 19.3 Å². The molecule has 0 N–H and O–H groups in total. The number of hydrogen-bond acceptors (Lipinski definition) is 5. The number of hydrogen-bond donors (Lipinski definition) is 0. The van der Waals surface area contributed by atoms with Gasteiger partial charge in [0.2, 0.25) is 0 Å². The van der Waals surface area contributed by atoms with Crippen LogP contribution in [0.4, 0.5) is 5.82 Å². The van der Waals surface area contributed by atoms with Gasteiger partial charge in [-0.2, -0.15) is 0 Å². The van der Waals surface area contributed by atoms with Gasteiger partial charge in [0.1, 0.15) is 25.4 Å². The molecule has 1 aromatic heterocycles. The maximum atomic E-state index is 5.65. The molecule has 0 radical (unpaired) electrons. The number of piperidine rings is 1. The Hall–Kier alpha value is -2.30. The van der Waals surface area contributed by atoms with Gasteiger partial charge in [-0.3, -0.25) is 0 Å². The van der Waals surface area contributed by atoms with Crippen molar-refractivity contribution in [3.63, 3.8) is 0 Å². The zero-order valence-electron chi connectivity index (χ0n) is 12.5. The summed E-state index contributed by atoms with van der Waals surface area (Å²) in [6, 6.07) is 8.04. The Morgan fingerprint density at radius 2 is 1.68 bits per heavy atom. The van der Waals surface area contributed by atoms with Crippen molar-refractivity contribution in [1.29, 1.82) is 0 Å². The van der Waals surface area contributed by atoms with Crippen LogP contribution in [0.1, 0.15) is 19.3 Å². The van der Waals surface area contributed by atoms with Gasteiger partial charge in [0.05, 0.1) is 5.69 Å². The second-order valence-electron chi connectivity index (χ2n) is 5.67. The molecule has 0 saturated carbocycles. The summed E-state index contributed by atoms with van der Waals surface area (Å²) < 4.78 is 11.2. The van der Waals surface area contributed by atoms with Gasteiger partial charge in [0, 0.05) is 24.7 Å². The fourth-order valence-corrected chi connectivity index (χ4v) is 3.00. The number of nitrogens with zero attached hydrogens (tertiary/aromatic N) is 3.